The van der Waals surface area contributed by atoms with Crippen molar-refractivity contribution in [2.75, 3.05) is 6.54 Å². The van der Waals surface area contributed by atoms with Crippen molar-refractivity contribution in [3.8, 4) is 22.9 Å². The first-order valence-corrected chi connectivity index (χ1v) is 6.31. The van der Waals surface area contributed by atoms with E-state index in [1.807, 2.05) is 0 Å². The average molecular weight is 261 g/mol. The molecule has 0 saturated carbocycles. The smallest absolute Gasteiger partial charge is 0.228 e. The lowest BCUT2D eigenvalue weighted by Gasteiger charge is -2.04. The first kappa shape index (κ1) is 12.0. The molecular formula is C13H15N3O3. The minimum absolute atomic E-state index is 0.164. The van der Waals surface area contributed by atoms with E-state index in [1.54, 1.807) is 6.07 Å². The molecule has 1 aromatic heterocycles. The molecule has 1 aromatic carbocycles. The summed E-state index contributed by atoms with van der Waals surface area (Å²) < 4.78 is 5.21. The fourth-order valence-corrected chi connectivity index (χ4v) is 2.26. The molecule has 1 aliphatic heterocycles. The van der Waals surface area contributed by atoms with E-state index in [2.05, 4.69) is 15.5 Å². The Morgan fingerprint density at radius 3 is 2.95 bits per heavy atom. The molecule has 1 atom stereocenters. The summed E-state index contributed by atoms with van der Waals surface area (Å²) in [5, 5.41) is 26.0. The van der Waals surface area contributed by atoms with Gasteiger partial charge in [-0.2, -0.15) is 4.98 Å². The van der Waals surface area contributed by atoms with Gasteiger partial charge in [-0.3, -0.25) is 0 Å². The molecule has 3 N–H and O–H groups in total. The number of phenols is 2. The van der Waals surface area contributed by atoms with Crippen molar-refractivity contribution >= 4 is 0 Å². The number of aromatic hydroxyl groups is 2. The van der Waals surface area contributed by atoms with Crippen molar-refractivity contribution in [3.63, 3.8) is 0 Å². The van der Waals surface area contributed by atoms with Gasteiger partial charge in [-0.1, -0.05) is 5.16 Å². The highest BCUT2D eigenvalue weighted by molar-refractivity contribution is 5.59. The second-order valence-electron chi connectivity index (χ2n) is 4.71. The lowest BCUT2D eigenvalue weighted by atomic mass is 10.1. The summed E-state index contributed by atoms with van der Waals surface area (Å²) in [7, 11) is 0. The number of nitrogens with one attached hydrogen (secondary N) is 1. The zero-order valence-corrected chi connectivity index (χ0v) is 10.3. The topological polar surface area (TPSA) is 91.4 Å². The minimum Gasteiger partial charge on any atom is -0.504 e. The molecule has 0 bridgehead atoms. The fourth-order valence-electron chi connectivity index (χ4n) is 2.26. The first-order valence-electron chi connectivity index (χ1n) is 6.31. The van der Waals surface area contributed by atoms with Crippen LogP contribution in [0.2, 0.25) is 0 Å². The summed E-state index contributed by atoms with van der Waals surface area (Å²) in [6, 6.07) is 4.86. The third kappa shape index (κ3) is 2.53. The van der Waals surface area contributed by atoms with Crippen LogP contribution in [0.5, 0.6) is 11.5 Å². The number of benzene rings is 1. The molecular weight excluding hydrogens is 246 g/mol. The highest BCUT2D eigenvalue weighted by Gasteiger charge is 2.18. The van der Waals surface area contributed by atoms with Crippen LogP contribution in [0.3, 0.4) is 0 Å². The van der Waals surface area contributed by atoms with E-state index in [-0.39, 0.29) is 11.5 Å². The molecule has 0 amide bonds. The number of aromatic nitrogens is 2. The van der Waals surface area contributed by atoms with Gasteiger partial charge in [0, 0.05) is 18.0 Å². The number of hydrogen-bond donors (Lipinski definition) is 3. The fraction of sp³-hybridized carbons (Fsp3) is 0.385. The van der Waals surface area contributed by atoms with Crippen LogP contribution in [0.1, 0.15) is 18.7 Å². The third-order valence-corrected chi connectivity index (χ3v) is 3.29. The van der Waals surface area contributed by atoms with Crippen LogP contribution in [0, 0.1) is 0 Å². The molecule has 3 rings (SSSR count). The van der Waals surface area contributed by atoms with Gasteiger partial charge in [0.1, 0.15) is 0 Å². The first-order chi connectivity index (χ1) is 9.22. The maximum atomic E-state index is 9.45. The van der Waals surface area contributed by atoms with Crippen LogP contribution >= 0.6 is 0 Å². The molecule has 1 fully saturated rings. The molecule has 0 radical (unpaired) electrons. The Kier molecular flexibility index (Phi) is 3.08. The molecule has 100 valence electrons. The maximum absolute atomic E-state index is 9.45. The summed E-state index contributed by atoms with van der Waals surface area (Å²) in [6.07, 6.45) is 3.02. The van der Waals surface area contributed by atoms with Gasteiger partial charge < -0.3 is 20.1 Å². The van der Waals surface area contributed by atoms with Crippen LogP contribution in [0.25, 0.3) is 11.4 Å². The average Bonchev–Trinajstić information content (AvgIpc) is 3.05. The maximum Gasteiger partial charge on any atom is 0.228 e. The Hall–Kier alpha value is -2.08. The standard InChI is InChI=1S/C13H15N3O3/c17-10-4-3-8(6-11(10)18)13-15-12(19-16-13)7-9-2-1-5-14-9/h3-4,6,9,14,17-18H,1-2,5,7H2. The van der Waals surface area contributed by atoms with Crippen molar-refractivity contribution in [2.24, 2.45) is 0 Å². The summed E-state index contributed by atoms with van der Waals surface area (Å²) in [5.74, 6) is 0.647. The van der Waals surface area contributed by atoms with E-state index in [0.717, 1.165) is 19.4 Å². The molecule has 1 unspecified atom stereocenters. The van der Waals surface area contributed by atoms with Gasteiger partial charge in [-0.05, 0) is 37.6 Å². The predicted octanol–water partition coefficient (Wildman–Crippen LogP) is 1.44. The molecule has 19 heavy (non-hydrogen) atoms. The SMILES string of the molecule is Oc1ccc(-c2noc(CC3CCCN3)n2)cc1O. The van der Waals surface area contributed by atoms with Gasteiger partial charge in [-0.15, -0.1) is 0 Å². The Labute approximate surface area is 110 Å². The van der Waals surface area contributed by atoms with Crippen molar-refractivity contribution in [3.05, 3.63) is 24.1 Å². The van der Waals surface area contributed by atoms with Crippen molar-refractivity contribution in [1.29, 1.82) is 0 Å². The lowest BCUT2D eigenvalue weighted by Crippen LogP contribution is -2.23. The molecule has 1 aliphatic rings. The lowest BCUT2D eigenvalue weighted by molar-refractivity contribution is 0.364. The molecule has 6 nitrogen and oxygen atoms in total. The van der Waals surface area contributed by atoms with Crippen LogP contribution in [0.15, 0.2) is 22.7 Å². The van der Waals surface area contributed by atoms with E-state index in [4.69, 9.17) is 4.52 Å². The minimum atomic E-state index is -0.193. The molecule has 6 heteroatoms. The highest BCUT2D eigenvalue weighted by atomic mass is 16.5. The van der Waals surface area contributed by atoms with Crippen LogP contribution in [-0.2, 0) is 6.42 Å². The van der Waals surface area contributed by atoms with Gasteiger partial charge in [-0.25, -0.2) is 0 Å². The summed E-state index contributed by atoms with van der Waals surface area (Å²) in [6.45, 7) is 1.04. The van der Waals surface area contributed by atoms with Gasteiger partial charge in [0.05, 0.1) is 0 Å². The molecule has 0 spiro atoms. The van der Waals surface area contributed by atoms with E-state index < -0.39 is 0 Å². The summed E-state index contributed by atoms with van der Waals surface area (Å²) >= 11 is 0. The van der Waals surface area contributed by atoms with E-state index in [0.29, 0.717) is 23.3 Å². The van der Waals surface area contributed by atoms with Gasteiger partial charge >= 0.3 is 0 Å². The molecule has 2 heterocycles. The van der Waals surface area contributed by atoms with Crippen molar-refractivity contribution < 1.29 is 14.7 Å². The highest BCUT2D eigenvalue weighted by Crippen LogP contribution is 2.29. The second kappa shape index (κ2) is 4.89. The van der Waals surface area contributed by atoms with Crippen molar-refractivity contribution in [1.82, 2.24) is 15.5 Å². The number of phenolic OH excluding ortho intramolecular Hbond substituents is 2. The Bertz CT molecular complexity index is 576. The van der Waals surface area contributed by atoms with E-state index >= 15 is 0 Å². The van der Waals surface area contributed by atoms with Gasteiger partial charge in [0.15, 0.2) is 11.5 Å². The molecule has 0 aliphatic carbocycles. The van der Waals surface area contributed by atoms with Gasteiger partial charge in [0.25, 0.3) is 0 Å². The van der Waals surface area contributed by atoms with Gasteiger partial charge in [0.2, 0.25) is 11.7 Å². The Balaban J connectivity index is 1.78. The normalized spacial score (nSPS) is 18.8. The Morgan fingerprint density at radius 2 is 2.21 bits per heavy atom. The van der Waals surface area contributed by atoms with Crippen LogP contribution in [-0.4, -0.2) is 32.9 Å². The largest absolute Gasteiger partial charge is 0.504 e. The quantitative estimate of drug-likeness (QED) is 0.724. The third-order valence-electron chi connectivity index (χ3n) is 3.29. The summed E-state index contributed by atoms with van der Waals surface area (Å²) in [5.41, 5.74) is 0.615. The van der Waals surface area contributed by atoms with Crippen molar-refractivity contribution in [2.45, 2.75) is 25.3 Å². The van der Waals surface area contributed by atoms with Crippen LogP contribution < -0.4 is 5.32 Å². The Morgan fingerprint density at radius 1 is 1.32 bits per heavy atom. The van der Waals surface area contributed by atoms with E-state index in [9.17, 15) is 10.2 Å². The van der Waals surface area contributed by atoms with E-state index in [1.165, 1.54) is 18.6 Å². The number of nitrogens with zero attached hydrogens (tertiary/aromatic N) is 2. The molecule has 2 aromatic rings. The predicted molar refractivity (Wildman–Crippen MR) is 67.8 cm³/mol. The number of hydrogen-bond acceptors (Lipinski definition) is 6. The number of rotatable bonds is 3. The molecule has 1 saturated heterocycles. The zero-order chi connectivity index (χ0) is 13.2. The zero-order valence-electron chi connectivity index (χ0n) is 10.3. The van der Waals surface area contributed by atoms with Crippen LogP contribution in [0.4, 0.5) is 0 Å². The summed E-state index contributed by atoms with van der Waals surface area (Å²) in [4.78, 5) is 4.30. The second-order valence-corrected chi connectivity index (χ2v) is 4.71. The monoisotopic (exact) mass is 261 g/mol.